The summed E-state index contributed by atoms with van der Waals surface area (Å²) in [7, 11) is 0. The Morgan fingerprint density at radius 2 is 1.68 bits per heavy atom. The lowest BCUT2D eigenvalue weighted by molar-refractivity contribution is -0.440. The molecule has 0 unspecified atom stereocenters. The van der Waals surface area contributed by atoms with Crippen LogP contribution < -0.4 is 4.90 Å². The fourth-order valence-electron chi connectivity index (χ4n) is 2.34. The van der Waals surface area contributed by atoms with Crippen molar-refractivity contribution in [3.63, 3.8) is 0 Å². The Morgan fingerprint density at radius 3 is 2.42 bits per heavy atom. The average molecular weight is 272 g/mol. The van der Waals surface area contributed by atoms with Crippen LogP contribution in [0.5, 0.6) is 0 Å². The smallest absolute Gasteiger partial charge is 0.234 e. The van der Waals surface area contributed by atoms with E-state index in [1.165, 1.54) is 11.4 Å². The molecule has 1 aliphatic rings. The minimum absolute atomic E-state index is 0.778. The van der Waals surface area contributed by atoms with Crippen LogP contribution in [0.15, 0.2) is 54.6 Å². The monoisotopic (exact) mass is 271 g/mol. The molecule has 2 aromatic carbocycles. The molecule has 0 fully saturated rings. The van der Waals surface area contributed by atoms with Gasteiger partial charge in [0.2, 0.25) is 6.34 Å². The first-order valence-corrected chi connectivity index (χ1v) is 6.90. The quantitative estimate of drug-likeness (QED) is 0.751. The third-order valence-corrected chi connectivity index (χ3v) is 3.57. The number of rotatable bonds is 2. The maximum Gasteiger partial charge on any atom is 0.244 e. The van der Waals surface area contributed by atoms with E-state index in [0.29, 0.717) is 0 Å². The van der Waals surface area contributed by atoms with Crippen molar-refractivity contribution in [1.29, 1.82) is 0 Å². The summed E-state index contributed by atoms with van der Waals surface area (Å²) < 4.78 is 2.27. The normalized spacial score (nSPS) is 15.2. The summed E-state index contributed by atoms with van der Waals surface area (Å²) in [5.74, 6) is 0. The molecule has 0 bridgehead atoms. The molecular weight excluding hydrogens is 256 g/mol. The van der Waals surface area contributed by atoms with Crippen molar-refractivity contribution >= 4 is 29.3 Å². The molecule has 0 radical (unpaired) electrons. The molecule has 0 spiro atoms. The summed E-state index contributed by atoms with van der Waals surface area (Å²) in [6.45, 7) is 2.11. The zero-order valence-electron chi connectivity index (χ0n) is 10.7. The fourth-order valence-corrected chi connectivity index (χ4v) is 2.46. The number of hydrogen-bond donors (Lipinski definition) is 0. The van der Waals surface area contributed by atoms with E-state index in [2.05, 4.69) is 52.2 Å². The van der Waals surface area contributed by atoms with Gasteiger partial charge in [-0.25, -0.2) is 9.48 Å². The summed E-state index contributed by atoms with van der Waals surface area (Å²) in [5, 5.41) is 0.778. The van der Waals surface area contributed by atoms with Crippen molar-refractivity contribution in [2.45, 2.75) is 6.42 Å². The van der Waals surface area contributed by atoms with Gasteiger partial charge in [0.25, 0.3) is 0 Å². The van der Waals surface area contributed by atoms with Crippen LogP contribution in [0, 0.1) is 0 Å². The third kappa shape index (κ3) is 2.79. The third-order valence-electron chi connectivity index (χ3n) is 3.32. The maximum absolute atomic E-state index is 5.94. The standard InChI is InChI=1S/C16H16ClN2/c17-14-7-9-16(10-8-14)19-12-4-11-18(13-19)15-5-2-1-3-6-15/h1-3,5-10,13H,4,11-12H2/q+1. The van der Waals surface area contributed by atoms with Crippen LogP contribution in [0.2, 0.25) is 5.02 Å². The molecule has 0 saturated carbocycles. The topological polar surface area (TPSA) is 6.25 Å². The van der Waals surface area contributed by atoms with Gasteiger partial charge >= 0.3 is 0 Å². The molecule has 1 heterocycles. The summed E-state index contributed by atoms with van der Waals surface area (Å²) in [6, 6.07) is 18.5. The Morgan fingerprint density at radius 1 is 0.947 bits per heavy atom. The van der Waals surface area contributed by atoms with E-state index in [-0.39, 0.29) is 0 Å². The van der Waals surface area contributed by atoms with E-state index in [0.717, 1.165) is 24.5 Å². The minimum Gasteiger partial charge on any atom is -0.234 e. The van der Waals surface area contributed by atoms with Gasteiger partial charge in [-0.1, -0.05) is 29.8 Å². The van der Waals surface area contributed by atoms with Crippen LogP contribution in [0.3, 0.4) is 0 Å². The van der Waals surface area contributed by atoms with Crippen LogP contribution in [-0.4, -0.2) is 24.0 Å². The molecule has 3 rings (SSSR count). The van der Waals surface area contributed by atoms with Crippen molar-refractivity contribution in [3.05, 3.63) is 59.6 Å². The van der Waals surface area contributed by atoms with Crippen LogP contribution >= 0.6 is 11.6 Å². The summed E-state index contributed by atoms with van der Waals surface area (Å²) in [5.41, 5.74) is 2.42. The van der Waals surface area contributed by atoms with Gasteiger partial charge in [0.15, 0.2) is 0 Å². The Balaban J connectivity index is 1.90. The predicted octanol–water partition coefficient (Wildman–Crippen LogP) is 3.92. The molecule has 0 amide bonds. The molecule has 2 nitrogen and oxygen atoms in total. The second kappa shape index (κ2) is 5.45. The summed E-state index contributed by atoms with van der Waals surface area (Å²) in [4.78, 5) is 2.29. The number of anilines is 1. The minimum atomic E-state index is 0.778. The highest BCUT2D eigenvalue weighted by molar-refractivity contribution is 6.30. The summed E-state index contributed by atoms with van der Waals surface area (Å²) >= 11 is 5.94. The summed E-state index contributed by atoms with van der Waals surface area (Å²) in [6.07, 6.45) is 3.33. The Hall–Kier alpha value is -1.80. The lowest BCUT2D eigenvalue weighted by atomic mass is 10.2. The number of nitrogens with zero attached hydrogens (tertiary/aromatic N) is 2. The molecule has 19 heavy (non-hydrogen) atoms. The highest BCUT2D eigenvalue weighted by Crippen LogP contribution is 2.20. The molecule has 0 N–H and O–H groups in total. The first-order chi connectivity index (χ1) is 9.33. The van der Waals surface area contributed by atoms with Gasteiger partial charge in [-0.3, -0.25) is 0 Å². The van der Waals surface area contributed by atoms with E-state index >= 15 is 0 Å². The number of hydrogen-bond acceptors (Lipinski definition) is 1. The van der Waals surface area contributed by atoms with Gasteiger partial charge in [-0.15, -0.1) is 0 Å². The van der Waals surface area contributed by atoms with E-state index in [4.69, 9.17) is 11.6 Å². The molecule has 0 aliphatic carbocycles. The molecule has 96 valence electrons. The van der Waals surface area contributed by atoms with Crippen LogP contribution in [0.1, 0.15) is 6.42 Å². The molecule has 3 heteroatoms. The van der Waals surface area contributed by atoms with Gasteiger partial charge in [-0.2, -0.15) is 0 Å². The number of para-hydroxylation sites is 1. The molecule has 2 aromatic rings. The van der Waals surface area contributed by atoms with Crippen molar-refractivity contribution in [3.8, 4) is 0 Å². The average Bonchev–Trinajstić information content (AvgIpc) is 2.49. The number of benzene rings is 2. The van der Waals surface area contributed by atoms with Crippen LogP contribution in [0.25, 0.3) is 0 Å². The lowest BCUT2D eigenvalue weighted by Gasteiger charge is -2.20. The van der Waals surface area contributed by atoms with E-state index in [1.807, 2.05) is 18.2 Å². The van der Waals surface area contributed by atoms with Gasteiger partial charge in [-0.05, 0) is 36.4 Å². The van der Waals surface area contributed by atoms with Crippen molar-refractivity contribution in [2.75, 3.05) is 18.0 Å². The van der Waals surface area contributed by atoms with Gasteiger partial charge in [0, 0.05) is 11.4 Å². The second-order valence-corrected chi connectivity index (χ2v) is 5.10. The first-order valence-electron chi connectivity index (χ1n) is 6.52. The first kappa shape index (κ1) is 12.2. The van der Waals surface area contributed by atoms with Crippen molar-refractivity contribution in [2.24, 2.45) is 0 Å². The van der Waals surface area contributed by atoms with Crippen molar-refractivity contribution < 1.29 is 4.58 Å². The van der Waals surface area contributed by atoms with E-state index in [1.54, 1.807) is 0 Å². The molecule has 0 atom stereocenters. The molecule has 0 saturated heterocycles. The maximum atomic E-state index is 5.94. The van der Waals surface area contributed by atoms with E-state index in [9.17, 15) is 0 Å². The Labute approximate surface area is 118 Å². The van der Waals surface area contributed by atoms with Gasteiger partial charge in [0.05, 0.1) is 13.1 Å². The molecular formula is C16H16ClN2+. The fraction of sp³-hybridized carbons (Fsp3) is 0.188. The highest BCUT2D eigenvalue weighted by Gasteiger charge is 2.19. The van der Waals surface area contributed by atoms with Crippen LogP contribution in [0.4, 0.5) is 11.4 Å². The zero-order chi connectivity index (χ0) is 13.1. The molecule has 1 aliphatic heterocycles. The second-order valence-electron chi connectivity index (χ2n) is 4.67. The molecule has 0 aromatic heterocycles. The van der Waals surface area contributed by atoms with Crippen LogP contribution in [-0.2, 0) is 0 Å². The highest BCUT2D eigenvalue weighted by atomic mass is 35.5. The van der Waals surface area contributed by atoms with E-state index < -0.39 is 0 Å². The number of halogens is 1. The zero-order valence-corrected chi connectivity index (χ0v) is 11.4. The SMILES string of the molecule is Clc1ccc([N+]2=CN(c3ccccc3)CCC2)cc1. The Kier molecular flexibility index (Phi) is 3.51. The largest absolute Gasteiger partial charge is 0.244 e. The van der Waals surface area contributed by atoms with Crippen molar-refractivity contribution in [1.82, 2.24) is 0 Å². The van der Waals surface area contributed by atoms with Gasteiger partial charge < -0.3 is 0 Å². The van der Waals surface area contributed by atoms with Gasteiger partial charge in [0.1, 0.15) is 11.4 Å². The lowest BCUT2D eigenvalue weighted by Crippen LogP contribution is -2.34. The Bertz CT molecular complexity index is 575. The predicted molar refractivity (Wildman–Crippen MR) is 80.7 cm³/mol.